The number of unbranched alkanes of at least 4 members (excludes halogenated alkanes) is 1. The molecule has 0 amide bonds. The van der Waals surface area contributed by atoms with E-state index in [2.05, 4.69) is 35.8 Å². The first kappa shape index (κ1) is 16.8. The van der Waals surface area contributed by atoms with Crippen molar-refractivity contribution in [2.24, 2.45) is 5.73 Å². The zero-order valence-electron chi connectivity index (χ0n) is 13.3. The van der Waals surface area contributed by atoms with Crippen LogP contribution in [0.5, 0.6) is 0 Å². The van der Waals surface area contributed by atoms with Crippen molar-refractivity contribution in [2.75, 3.05) is 32.7 Å². The second kappa shape index (κ2) is 8.14. The first-order valence-electron chi connectivity index (χ1n) is 8.14. The highest BCUT2D eigenvalue weighted by Crippen LogP contribution is 2.34. The third-order valence-corrected chi connectivity index (χ3v) is 4.80. The van der Waals surface area contributed by atoms with Crippen molar-refractivity contribution in [1.82, 2.24) is 9.80 Å². The van der Waals surface area contributed by atoms with Gasteiger partial charge in [-0.3, -0.25) is 4.90 Å². The molecule has 1 unspecified atom stereocenters. The molecule has 0 aromatic heterocycles. The summed E-state index contributed by atoms with van der Waals surface area (Å²) in [6, 6.07) is 6.56. The van der Waals surface area contributed by atoms with Crippen molar-refractivity contribution in [2.45, 2.75) is 39.3 Å². The van der Waals surface area contributed by atoms with E-state index in [1.54, 1.807) is 0 Å². The molecule has 0 saturated carbocycles. The maximum atomic E-state index is 6.12. The number of halogens is 1. The Balaban J connectivity index is 1.85. The van der Waals surface area contributed by atoms with Gasteiger partial charge in [0.15, 0.2) is 0 Å². The van der Waals surface area contributed by atoms with Gasteiger partial charge in [0.1, 0.15) is 0 Å². The van der Waals surface area contributed by atoms with Crippen molar-refractivity contribution in [3.63, 3.8) is 0 Å². The van der Waals surface area contributed by atoms with Crippen molar-refractivity contribution in [1.29, 1.82) is 0 Å². The minimum atomic E-state index is 0.340. The minimum absolute atomic E-state index is 0.340. The Morgan fingerprint density at radius 2 is 2.05 bits per heavy atom. The van der Waals surface area contributed by atoms with Gasteiger partial charge < -0.3 is 10.6 Å². The minimum Gasteiger partial charge on any atom is -0.329 e. The largest absolute Gasteiger partial charge is 0.329 e. The second-order valence-electron chi connectivity index (χ2n) is 5.80. The van der Waals surface area contributed by atoms with E-state index in [1.165, 1.54) is 30.5 Å². The summed E-state index contributed by atoms with van der Waals surface area (Å²) in [6.07, 6.45) is 2.49. The van der Waals surface area contributed by atoms with Crippen molar-refractivity contribution in [3.8, 4) is 0 Å². The van der Waals surface area contributed by atoms with E-state index in [9.17, 15) is 0 Å². The van der Waals surface area contributed by atoms with Gasteiger partial charge in [-0.05, 0) is 62.3 Å². The molecule has 1 atom stereocenters. The quantitative estimate of drug-likeness (QED) is 0.748. The van der Waals surface area contributed by atoms with Crippen LogP contribution in [-0.4, -0.2) is 42.5 Å². The van der Waals surface area contributed by atoms with E-state index < -0.39 is 0 Å². The lowest BCUT2D eigenvalue weighted by Gasteiger charge is -2.24. The molecule has 21 heavy (non-hydrogen) atoms. The third kappa shape index (κ3) is 4.19. The molecule has 0 bridgehead atoms. The van der Waals surface area contributed by atoms with Gasteiger partial charge in [-0.1, -0.05) is 31.5 Å². The van der Waals surface area contributed by atoms with Crippen LogP contribution in [0.3, 0.4) is 0 Å². The van der Waals surface area contributed by atoms with Crippen LogP contribution in [-0.2, 0) is 6.54 Å². The summed E-state index contributed by atoms with van der Waals surface area (Å²) in [7, 11) is 0. The topological polar surface area (TPSA) is 32.5 Å². The fraction of sp³-hybridized carbons (Fsp3) is 0.647. The summed E-state index contributed by atoms with van der Waals surface area (Å²) in [6.45, 7) is 10.8. The molecule has 1 aliphatic rings. The van der Waals surface area contributed by atoms with Gasteiger partial charge in [0.25, 0.3) is 0 Å². The van der Waals surface area contributed by atoms with Gasteiger partial charge in [-0.15, -0.1) is 0 Å². The number of hydrogen-bond donors (Lipinski definition) is 1. The van der Waals surface area contributed by atoms with Gasteiger partial charge in [-0.25, -0.2) is 0 Å². The SMILES string of the molecule is CCN(CC)CCCCN1Cc2ccc(Cl)cc2C1CN. The summed E-state index contributed by atoms with van der Waals surface area (Å²) >= 11 is 6.12. The van der Waals surface area contributed by atoms with Crippen LogP contribution < -0.4 is 5.73 Å². The summed E-state index contributed by atoms with van der Waals surface area (Å²) in [5, 5.41) is 0.815. The second-order valence-corrected chi connectivity index (χ2v) is 6.24. The standard InChI is InChI=1S/C17H28ClN3/c1-3-20(4-2)9-5-6-10-21-13-14-7-8-15(18)11-16(14)17(21)12-19/h7-8,11,17H,3-6,9-10,12-13,19H2,1-2H3. The summed E-state index contributed by atoms with van der Waals surface area (Å²) < 4.78 is 0. The van der Waals surface area contributed by atoms with E-state index in [1.807, 2.05) is 6.07 Å². The summed E-state index contributed by atoms with van der Waals surface area (Å²) in [5.41, 5.74) is 8.71. The molecular formula is C17H28ClN3. The fourth-order valence-corrected chi connectivity index (χ4v) is 3.43. The van der Waals surface area contributed by atoms with Crippen LogP contribution in [0.2, 0.25) is 5.02 Å². The Kier molecular flexibility index (Phi) is 6.49. The van der Waals surface area contributed by atoms with Crippen molar-refractivity contribution in [3.05, 3.63) is 34.3 Å². The molecule has 0 spiro atoms. The molecule has 1 aliphatic heterocycles. The number of benzene rings is 1. The van der Waals surface area contributed by atoms with E-state index in [0.717, 1.165) is 31.2 Å². The highest BCUT2D eigenvalue weighted by molar-refractivity contribution is 6.30. The first-order valence-corrected chi connectivity index (χ1v) is 8.52. The van der Waals surface area contributed by atoms with Crippen LogP contribution in [0.25, 0.3) is 0 Å². The third-order valence-electron chi connectivity index (χ3n) is 4.57. The molecule has 1 heterocycles. The number of hydrogen-bond acceptors (Lipinski definition) is 3. The predicted molar refractivity (Wildman–Crippen MR) is 90.7 cm³/mol. The number of nitrogens with two attached hydrogens (primary N) is 1. The molecule has 0 saturated heterocycles. The summed E-state index contributed by atoms with van der Waals surface area (Å²) in [5.74, 6) is 0. The predicted octanol–water partition coefficient (Wildman–Crippen LogP) is 3.28. The molecule has 0 aliphatic carbocycles. The molecule has 0 fully saturated rings. The molecular weight excluding hydrogens is 282 g/mol. The van der Waals surface area contributed by atoms with Gasteiger partial charge in [0.2, 0.25) is 0 Å². The van der Waals surface area contributed by atoms with E-state index in [0.29, 0.717) is 12.6 Å². The Bertz CT molecular complexity index is 446. The van der Waals surface area contributed by atoms with Gasteiger partial charge in [0.05, 0.1) is 0 Å². The molecule has 0 radical (unpaired) electrons. The van der Waals surface area contributed by atoms with Gasteiger partial charge in [-0.2, -0.15) is 0 Å². The van der Waals surface area contributed by atoms with Crippen molar-refractivity contribution < 1.29 is 0 Å². The van der Waals surface area contributed by atoms with E-state index in [-0.39, 0.29) is 0 Å². The molecule has 3 nitrogen and oxygen atoms in total. The van der Waals surface area contributed by atoms with Crippen molar-refractivity contribution >= 4 is 11.6 Å². The zero-order chi connectivity index (χ0) is 15.2. The summed E-state index contributed by atoms with van der Waals surface area (Å²) in [4.78, 5) is 4.99. The smallest absolute Gasteiger partial charge is 0.0477 e. The Labute approximate surface area is 134 Å². The van der Waals surface area contributed by atoms with Crippen LogP contribution in [0, 0.1) is 0 Å². The maximum absolute atomic E-state index is 6.12. The molecule has 1 aromatic carbocycles. The Hall–Kier alpha value is -0.610. The van der Waals surface area contributed by atoms with E-state index in [4.69, 9.17) is 17.3 Å². The highest BCUT2D eigenvalue weighted by atomic mass is 35.5. The normalized spacial score (nSPS) is 18.4. The average molecular weight is 310 g/mol. The van der Waals surface area contributed by atoms with Crippen LogP contribution in [0.4, 0.5) is 0 Å². The molecule has 2 rings (SSSR count). The van der Waals surface area contributed by atoms with Crippen LogP contribution in [0.15, 0.2) is 18.2 Å². The highest BCUT2D eigenvalue weighted by Gasteiger charge is 2.28. The van der Waals surface area contributed by atoms with E-state index >= 15 is 0 Å². The van der Waals surface area contributed by atoms with Crippen LogP contribution >= 0.6 is 11.6 Å². The lowest BCUT2D eigenvalue weighted by Crippen LogP contribution is -2.30. The molecule has 118 valence electrons. The monoisotopic (exact) mass is 309 g/mol. The first-order chi connectivity index (χ1) is 10.2. The maximum Gasteiger partial charge on any atom is 0.0477 e. The average Bonchev–Trinajstić information content (AvgIpc) is 2.84. The molecule has 2 N–H and O–H groups in total. The number of nitrogens with zero attached hydrogens (tertiary/aromatic N) is 2. The van der Waals surface area contributed by atoms with Gasteiger partial charge >= 0.3 is 0 Å². The zero-order valence-corrected chi connectivity index (χ0v) is 14.1. The fourth-order valence-electron chi connectivity index (χ4n) is 3.25. The lowest BCUT2D eigenvalue weighted by atomic mass is 10.1. The Morgan fingerprint density at radius 1 is 1.29 bits per heavy atom. The number of fused-ring (bicyclic) bond motifs is 1. The van der Waals surface area contributed by atoms with Gasteiger partial charge in [0, 0.05) is 24.2 Å². The number of rotatable bonds is 8. The van der Waals surface area contributed by atoms with Crippen LogP contribution in [0.1, 0.15) is 43.9 Å². The molecule has 1 aromatic rings. The molecule has 4 heteroatoms. The lowest BCUT2D eigenvalue weighted by molar-refractivity contribution is 0.208. The Morgan fingerprint density at radius 3 is 2.71 bits per heavy atom.